The van der Waals surface area contributed by atoms with E-state index in [2.05, 4.69) is 15.0 Å². The van der Waals surface area contributed by atoms with Crippen LogP contribution < -0.4 is 0 Å². The van der Waals surface area contributed by atoms with E-state index in [-0.39, 0.29) is 23.7 Å². The lowest BCUT2D eigenvalue weighted by atomic mass is 9.92. The van der Waals surface area contributed by atoms with Crippen molar-refractivity contribution in [1.29, 1.82) is 0 Å². The van der Waals surface area contributed by atoms with E-state index in [1.807, 2.05) is 20.9 Å². The van der Waals surface area contributed by atoms with Crippen LogP contribution in [0.3, 0.4) is 0 Å². The fourth-order valence-corrected chi connectivity index (χ4v) is 2.37. The Bertz CT molecular complexity index is 444. The predicted octanol–water partition coefficient (Wildman–Crippen LogP) is 1.40. The highest BCUT2D eigenvalue weighted by molar-refractivity contribution is 5.82. The van der Waals surface area contributed by atoms with Crippen molar-refractivity contribution in [2.75, 3.05) is 26.7 Å². The van der Waals surface area contributed by atoms with Gasteiger partial charge in [0.05, 0.1) is 12.5 Å². The van der Waals surface area contributed by atoms with E-state index in [1.165, 1.54) is 0 Å². The van der Waals surface area contributed by atoms with Gasteiger partial charge in [-0.05, 0) is 19.9 Å². The van der Waals surface area contributed by atoms with Crippen LogP contribution in [-0.4, -0.2) is 47.6 Å². The Morgan fingerprint density at radius 1 is 1.47 bits per heavy atom. The zero-order valence-electron chi connectivity index (χ0n) is 11.9. The van der Waals surface area contributed by atoms with Gasteiger partial charge in [-0.15, -0.1) is 0 Å². The molecule has 2 atom stereocenters. The first kappa shape index (κ1) is 14.1. The standard InChI is InChI=1S/C13H21N3O3/c1-8(2)11(9(3)17)13-14-12(15-19-13)10-7-16(4)5-6-18-10/h8,10-11H,5-7H2,1-4H3. The van der Waals surface area contributed by atoms with E-state index < -0.39 is 0 Å². The predicted molar refractivity (Wildman–Crippen MR) is 68.7 cm³/mol. The van der Waals surface area contributed by atoms with Gasteiger partial charge in [-0.3, -0.25) is 4.79 Å². The van der Waals surface area contributed by atoms with Crippen molar-refractivity contribution in [1.82, 2.24) is 15.0 Å². The number of hydrogen-bond donors (Lipinski definition) is 0. The van der Waals surface area contributed by atoms with E-state index in [0.717, 1.165) is 13.1 Å². The SMILES string of the molecule is CC(=O)C(c1nc(C2CN(C)CCO2)no1)C(C)C. The number of rotatable bonds is 4. The zero-order valence-corrected chi connectivity index (χ0v) is 11.9. The van der Waals surface area contributed by atoms with Crippen LogP contribution in [-0.2, 0) is 9.53 Å². The first-order chi connectivity index (χ1) is 8.99. The summed E-state index contributed by atoms with van der Waals surface area (Å²) < 4.78 is 10.9. The van der Waals surface area contributed by atoms with Crippen LogP contribution in [0, 0.1) is 5.92 Å². The minimum absolute atomic E-state index is 0.0480. The van der Waals surface area contributed by atoms with Gasteiger partial charge in [-0.2, -0.15) is 4.98 Å². The van der Waals surface area contributed by atoms with Crippen LogP contribution in [0.1, 0.15) is 44.5 Å². The number of ether oxygens (including phenoxy) is 1. The van der Waals surface area contributed by atoms with Gasteiger partial charge in [-0.1, -0.05) is 19.0 Å². The molecule has 0 aromatic carbocycles. The highest BCUT2D eigenvalue weighted by atomic mass is 16.5. The van der Waals surface area contributed by atoms with Gasteiger partial charge < -0.3 is 14.2 Å². The summed E-state index contributed by atoms with van der Waals surface area (Å²) >= 11 is 0. The molecule has 0 amide bonds. The number of nitrogens with zero attached hydrogens (tertiary/aromatic N) is 3. The lowest BCUT2D eigenvalue weighted by molar-refractivity contribution is -0.119. The number of aromatic nitrogens is 2. The Morgan fingerprint density at radius 3 is 2.79 bits per heavy atom. The third-order valence-corrected chi connectivity index (χ3v) is 3.39. The highest BCUT2D eigenvalue weighted by Crippen LogP contribution is 2.26. The summed E-state index contributed by atoms with van der Waals surface area (Å²) in [4.78, 5) is 18.2. The lowest BCUT2D eigenvalue weighted by Gasteiger charge is -2.27. The summed E-state index contributed by atoms with van der Waals surface area (Å²) in [5.41, 5.74) is 0. The molecule has 0 aliphatic carbocycles. The van der Waals surface area contributed by atoms with Crippen molar-refractivity contribution in [2.24, 2.45) is 5.92 Å². The molecule has 1 aliphatic rings. The molecule has 2 heterocycles. The third kappa shape index (κ3) is 3.19. The summed E-state index contributed by atoms with van der Waals surface area (Å²) in [6.45, 7) is 7.81. The molecule has 0 saturated carbocycles. The molecule has 0 spiro atoms. The normalized spacial score (nSPS) is 22.7. The molecule has 1 aliphatic heterocycles. The van der Waals surface area contributed by atoms with E-state index >= 15 is 0 Å². The molecule has 2 rings (SSSR count). The average Bonchev–Trinajstić information content (AvgIpc) is 2.77. The molecule has 19 heavy (non-hydrogen) atoms. The van der Waals surface area contributed by atoms with E-state index in [4.69, 9.17) is 9.26 Å². The highest BCUT2D eigenvalue weighted by Gasteiger charge is 2.30. The van der Waals surface area contributed by atoms with Gasteiger partial charge >= 0.3 is 0 Å². The van der Waals surface area contributed by atoms with Crippen LogP contribution in [0.15, 0.2) is 4.52 Å². The van der Waals surface area contributed by atoms with Gasteiger partial charge in [0.15, 0.2) is 0 Å². The van der Waals surface area contributed by atoms with Crippen LogP contribution in [0.25, 0.3) is 0 Å². The van der Waals surface area contributed by atoms with E-state index in [1.54, 1.807) is 6.92 Å². The molecule has 6 heteroatoms. The summed E-state index contributed by atoms with van der Waals surface area (Å²) in [7, 11) is 2.03. The summed E-state index contributed by atoms with van der Waals surface area (Å²) in [6.07, 6.45) is -0.170. The second kappa shape index (κ2) is 5.79. The van der Waals surface area contributed by atoms with Gasteiger partial charge in [0, 0.05) is 13.1 Å². The quantitative estimate of drug-likeness (QED) is 0.821. The molecule has 1 aromatic heterocycles. The van der Waals surface area contributed by atoms with E-state index in [0.29, 0.717) is 18.3 Å². The van der Waals surface area contributed by atoms with Gasteiger partial charge in [0.25, 0.3) is 0 Å². The second-order valence-electron chi connectivity index (χ2n) is 5.44. The van der Waals surface area contributed by atoms with Gasteiger partial charge in [0.1, 0.15) is 11.9 Å². The van der Waals surface area contributed by atoms with E-state index in [9.17, 15) is 4.79 Å². The van der Waals surface area contributed by atoms with Crippen molar-refractivity contribution in [3.63, 3.8) is 0 Å². The molecule has 0 radical (unpaired) electrons. The topological polar surface area (TPSA) is 68.5 Å². The molecule has 0 bridgehead atoms. The van der Waals surface area contributed by atoms with Gasteiger partial charge in [-0.25, -0.2) is 0 Å². The molecule has 0 N–H and O–H groups in total. The molecule has 1 aromatic rings. The minimum Gasteiger partial charge on any atom is -0.367 e. The molecular weight excluding hydrogens is 246 g/mol. The maximum Gasteiger partial charge on any atom is 0.237 e. The second-order valence-corrected chi connectivity index (χ2v) is 5.44. The Hall–Kier alpha value is -1.27. The zero-order chi connectivity index (χ0) is 14.0. The monoisotopic (exact) mass is 267 g/mol. The van der Waals surface area contributed by atoms with Crippen molar-refractivity contribution < 1.29 is 14.1 Å². The number of ketones is 1. The first-order valence-electron chi connectivity index (χ1n) is 6.63. The number of hydrogen-bond acceptors (Lipinski definition) is 6. The fraction of sp³-hybridized carbons (Fsp3) is 0.769. The largest absolute Gasteiger partial charge is 0.367 e. The summed E-state index contributed by atoms with van der Waals surface area (Å²) in [5.74, 6) is 0.790. The molecule has 1 fully saturated rings. The van der Waals surface area contributed by atoms with Crippen LogP contribution in [0.4, 0.5) is 0 Å². The Balaban J connectivity index is 2.15. The average molecular weight is 267 g/mol. The van der Waals surface area contributed by atoms with Gasteiger partial charge in [0.2, 0.25) is 11.7 Å². The number of likely N-dealkylation sites (N-methyl/N-ethyl adjacent to an activating group) is 1. The van der Waals surface area contributed by atoms with Crippen molar-refractivity contribution >= 4 is 5.78 Å². The minimum atomic E-state index is -0.331. The molecule has 1 saturated heterocycles. The fourth-order valence-electron chi connectivity index (χ4n) is 2.37. The Morgan fingerprint density at radius 2 is 2.21 bits per heavy atom. The summed E-state index contributed by atoms with van der Waals surface area (Å²) in [6, 6.07) is 0. The van der Waals surface area contributed by atoms with Crippen molar-refractivity contribution in [2.45, 2.75) is 32.8 Å². The number of carbonyl (C=O) groups excluding carboxylic acids is 1. The molecule has 2 unspecified atom stereocenters. The smallest absolute Gasteiger partial charge is 0.237 e. The maximum atomic E-state index is 11.7. The number of morpholine rings is 1. The third-order valence-electron chi connectivity index (χ3n) is 3.39. The number of carbonyl (C=O) groups is 1. The van der Waals surface area contributed by atoms with Crippen LogP contribution >= 0.6 is 0 Å². The van der Waals surface area contributed by atoms with Crippen molar-refractivity contribution in [3.05, 3.63) is 11.7 Å². The maximum absolute atomic E-state index is 11.7. The van der Waals surface area contributed by atoms with Crippen LogP contribution in [0.2, 0.25) is 0 Å². The lowest BCUT2D eigenvalue weighted by Crippen LogP contribution is -2.35. The number of Topliss-reactive ketones (excluding diaryl/α,β-unsaturated/α-hetero) is 1. The first-order valence-corrected chi connectivity index (χ1v) is 6.63. The Kier molecular flexibility index (Phi) is 4.31. The van der Waals surface area contributed by atoms with Crippen LogP contribution in [0.5, 0.6) is 0 Å². The van der Waals surface area contributed by atoms with Crippen molar-refractivity contribution in [3.8, 4) is 0 Å². The molecule has 6 nitrogen and oxygen atoms in total. The Labute approximate surface area is 113 Å². The molecular formula is C13H21N3O3. The molecule has 106 valence electrons. The summed E-state index contributed by atoms with van der Waals surface area (Å²) in [5, 5.41) is 3.97.